The molecule has 1 aromatic carbocycles. The van der Waals surface area contributed by atoms with Crippen LogP contribution in [-0.4, -0.2) is 19.5 Å². The summed E-state index contributed by atoms with van der Waals surface area (Å²) >= 11 is 0. The van der Waals surface area contributed by atoms with Crippen molar-refractivity contribution in [1.82, 2.24) is 0 Å². The molecular weight excluding hydrogens is 236 g/mol. The Balaban J connectivity index is 2.81. The molecule has 0 heterocycles. The highest BCUT2D eigenvalue weighted by molar-refractivity contribution is 5.94. The molecule has 3 heteroatoms. The van der Waals surface area contributed by atoms with E-state index in [1.54, 1.807) is 4.90 Å². The summed E-state index contributed by atoms with van der Waals surface area (Å²) in [5, 5.41) is 0. The van der Waals surface area contributed by atoms with Gasteiger partial charge in [0.2, 0.25) is 5.91 Å². The summed E-state index contributed by atoms with van der Waals surface area (Å²) in [5.74, 6) is 0.250. The highest BCUT2D eigenvalue weighted by Crippen LogP contribution is 2.19. The van der Waals surface area contributed by atoms with Gasteiger partial charge in [-0.2, -0.15) is 0 Å². The van der Waals surface area contributed by atoms with Crippen molar-refractivity contribution in [2.24, 2.45) is 17.6 Å². The summed E-state index contributed by atoms with van der Waals surface area (Å²) in [6.45, 7) is 6.63. The highest BCUT2D eigenvalue weighted by Gasteiger charge is 2.24. The van der Waals surface area contributed by atoms with Gasteiger partial charge < -0.3 is 10.6 Å². The molecule has 0 fully saturated rings. The number of hydrogen-bond donors (Lipinski definition) is 1. The Kier molecular flexibility index (Phi) is 6.03. The maximum Gasteiger partial charge on any atom is 0.231 e. The summed E-state index contributed by atoms with van der Waals surface area (Å²) in [7, 11) is 1.82. The Morgan fingerprint density at radius 2 is 1.84 bits per heavy atom. The topological polar surface area (TPSA) is 46.3 Å². The van der Waals surface area contributed by atoms with E-state index in [0.717, 1.165) is 18.5 Å². The molecule has 0 aromatic heterocycles. The number of nitrogens with two attached hydrogens (primary N) is 1. The van der Waals surface area contributed by atoms with Gasteiger partial charge in [-0.25, -0.2) is 0 Å². The normalized spacial score (nSPS) is 12.5. The zero-order chi connectivity index (χ0) is 14.4. The number of amides is 1. The number of carbonyl (C=O) groups is 1. The van der Waals surface area contributed by atoms with Crippen LogP contribution in [-0.2, 0) is 11.2 Å². The maximum absolute atomic E-state index is 12.4. The van der Waals surface area contributed by atoms with Gasteiger partial charge in [0, 0.05) is 19.3 Å². The molecule has 1 atom stereocenters. The quantitative estimate of drug-likeness (QED) is 0.857. The van der Waals surface area contributed by atoms with E-state index in [2.05, 4.69) is 19.1 Å². The number of hydrogen-bond acceptors (Lipinski definition) is 2. The lowest BCUT2D eigenvalue weighted by atomic mass is 9.94. The van der Waals surface area contributed by atoms with E-state index in [0.29, 0.717) is 6.54 Å². The minimum atomic E-state index is -0.111. The number of aryl methyl sites for hydroxylation is 1. The lowest BCUT2D eigenvalue weighted by Gasteiger charge is -2.25. The van der Waals surface area contributed by atoms with Crippen molar-refractivity contribution < 1.29 is 4.79 Å². The summed E-state index contributed by atoms with van der Waals surface area (Å²) < 4.78 is 0. The molecule has 2 N–H and O–H groups in total. The van der Waals surface area contributed by atoms with Crippen LogP contribution in [0.5, 0.6) is 0 Å². The molecule has 0 aliphatic rings. The second-order valence-electron chi connectivity index (χ2n) is 5.40. The molecule has 0 aliphatic carbocycles. The van der Waals surface area contributed by atoms with Crippen molar-refractivity contribution in [3.8, 4) is 0 Å². The second kappa shape index (κ2) is 7.29. The molecule has 1 rings (SSSR count). The number of rotatable bonds is 6. The predicted octanol–water partition coefficient (Wildman–Crippen LogP) is 2.83. The Hall–Kier alpha value is -1.35. The minimum absolute atomic E-state index is 0.0979. The van der Waals surface area contributed by atoms with Gasteiger partial charge in [-0.1, -0.05) is 39.3 Å². The fourth-order valence-corrected chi connectivity index (χ4v) is 2.21. The van der Waals surface area contributed by atoms with Crippen LogP contribution in [0.4, 0.5) is 5.69 Å². The molecule has 0 aliphatic heterocycles. The van der Waals surface area contributed by atoms with Gasteiger partial charge in [-0.3, -0.25) is 4.79 Å². The second-order valence-corrected chi connectivity index (χ2v) is 5.40. The number of benzene rings is 1. The van der Waals surface area contributed by atoms with E-state index in [9.17, 15) is 4.79 Å². The average molecular weight is 262 g/mol. The monoisotopic (exact) mass is 262 g/mol. The van der Waals surface area contributed by atoms with Crippen LogP contribution in [0, 0.1) is 11.8 Å². The standard InChI is InChI=1S/C16H26N2O/c1-5-6-13-7-9-14(10-8-13)18(4)16(19)15(11-17)12(2)3/h7-10,12,15H,5-6,11,17H2,1-4H3. The van der Waals surface area contributed by atoms with Crippen LogP contribution in [0.15, 0.2) is 24.3 Å². The van der Waals surface area contributed by atoms with Crippen LogP contribution >= 0.6 is 0 Å². The first-order chi connectivity index (χ1) is 9.01. The van der Waals surface area contributed by atoms with E-state index in [-0.39, 0.29) is 17.7 Å². The molecule has 1 unspecified atom stereocenters. The zero-order valence-electron chi connectivity index (χ0n) is 12.5. The smallest absolute Gasteiger partial charge is 0.231 e. The van der Waals surface area contributed by atoms with Crippen molar-refractivity contribution in [3.05, 3.63) is 29.8 Å². The van der Waals surface area contributed by atoms with Gasteiger partial charge >= 0.3 is 0 Å². The summed E-state index contributed by atoms with van der Waals surface area (Å²) in [5.41, 5.74) is 7.95. The number of nitrogens with zero attached hydrogens (tertiary/aromatic N) is 1. The molecule has 0 saturated carbocycles. The third kappa shape index (κ3) is 4.06. The van der Waals surface area contributed by atoms with Gasteiger partial charge in [-0.05, 0) is 30.0 Å². The van der Waals surface area contributed by atoms with Gasteiger partial charge in [-0.15, -0.1) is 0 Å². The maximum atomic E-state index is 12.4. The van der Waals surface area contributed by atoms with Crippen molar-refractivity contribution in [2.75, 3.05) is 18.5 Å². The number of carbonyl (C=O) groups excluding carboxylic acids is 1. The first-order valence-corrected chi connectivity index (χ1v) is 7.07. The van der Waals surface area contributed by atoms with Crippen molar-refractivity contribution >= 4 is 11.6 Å². The van der Waals surface area contributed by atoms with Crippen molar-refractivity contribution in [1.29, 1.82) is 0 Å². The predicted molar refractivity (Wildman–Crippen MR) is 81.2 cm³/mol. The van der Waals surface area contributed by atoms with Gasteiger partial charge in [0.25, 0.3) is 0 Å². The lowest BCUT2D eigenvalue weighted by molar-refractivity contribution is -0.123. The summed E-state index contributed by atoms with van der Waals surface area (Å²) in [6.07, 6.45) is 2.21. The Labute approximate surface area is 116 Å². The molecule has 0 bridgehead atoms. The van der Waals surface area contributed by atoms with Crippen LogP contribution in [0.2, 0.25) is 0 Å². The molecule has 3 nitrogen and oxygen atoms in total. The van der Waals surface area contributed by atoms with E-state index in [1.165, 1.54) is 5.56 Å². The van der Waals surface area contributed by atoms with Crippen LogP contribution in [0.25, 0.3) is 0 Å². The molecule has 106 valence electrons. The van der Waals surface area contributed by atoms with Crippen molar-refractivity contribution in [3.63, 3.8) is 0 Å². The lowest BCUT2D eigenvalue weighted by Crippen LogP contribution is -2.39. The molecule has 1 amide bonds. The molecule has 0 saturated heterocycles. The van der Waals surface area contributed by atoms with Gasteiger partial charge in [0.15, 0.2) is 0 Å². The highest BCUT2D eigenvalue weighted by atomic mass is 16.2. The third-order valence-electron chi connectivity index (χ3n) is 3.57. The van der Waals surface area contributed by atoms with E-state index in [4.69, 9.17) is 5.73 Å². The van der Waals surface area contributed by atoms with Gasteiger partial charge in [0.1, 0.15) is 0 Å². The molecule has 1 aromatic rings. The van der Waals surface area contributed by atoms with Crippen LogP contribution in [0.3, 0.4) is 0 Å². The molecule has 0 radical (unpaired) electrons. The third-order valence-corrected chi connectivity index (χ3v) is 3.57. The number of anilines is 1. The van der Waals surface area contributed by atoms with Gasteiger partial charge in [0.05, 0.1) is 5.92 Å². The Morgan fingerprint density at radius 3 is 2.26 bits per heavy atom. The fourth-order valence-electron chi connectivity index (χ4n) is 2.21. The van der Waals surface area contributed by atoms with E-state index >= 15 is 0 Å². The van der Waals surface area contributed by atoms with Crippen LogP contribution in [0.1, 0.15) is 32.8 Å². The van der Waals surface area contributed by atoms with E-state index in [1.807, 2.05) is 33.0 Å². The van der Waals surface area contributed by atoms with Crippen LogP contribution < -0.4 is 10.6 Å². The van der Waals surface area contributed by atoms with Crippen molar-refractivity contribution in [2.45, 2.75) is 33.6 Å². The zero-order valence-corrected chi connectivity index (χ0v) is 12.5. The van der Waals surface area contributed by atoms with E-state index < -0.39 is 0 Å². The minimum Gasteiger partial charge on any atom is -0.330 e. The first kappa shape index (κ1) is 15.7. The summed E-state index contributed by atoms with van der Waals surface area (Å²) in [6, 6.07) is 8.21. The average Bonchev–Trinajstić information content (AvgIpc) is 2.39. The largest absolute Gasteiger partial charge is 0.330 e. The molecular formula is C16H26N2O. The Morgan fingerprint density at radius 1 is 1.26 bits per heavy atom. The SMILES string of the molecule is CCCc1ccc(N(C)C(=O)C(CN)C(C)C)cc1. The molecule has 19 heavy (non-hydrogen) atoms. The summed E-state index contributed by atoms with van der Waals surface area (Å²) in [4.78, 5) is 14.1. The molecule has 0 spiro atoms. The Bertz CT molecular complexity index is 398. The fraction of sp³-hybridized carbons (Fsp3) is 0.562. The first-order valence-electron chi connectivity index (χ1n) is 7.07.